The van der Waals surface area contributed by atoms with Crippen molar-refractivity contribution in [1.29, 1.82) is 0 Å². The van der Waals surface area contributed by atoms with Crippen molar-refractivity contribution in [2.24, 2.45) is 5.92 Å². The summed E-state index contributed by atoms with van der Waals surface area (Å²) < 4.78 is 0. The average molecular weight is 340 g/mol. The SMILES string of the molecule is Cc1ccccc1C(=O)NC(C(=O)NOCc1ccccc1)C(C)C. The maximum absolute atomic E-state index is 12.4. The summed E-state index contributed by atoms with van der Waals surface area (Å²) in [7, 11) is 0. The molecule has 0 heterocycles. The van der Waals surface area contributed by atoms with Gasteiger partial charge in [-0.3, -0.25) is 14.4 Å². The molecule has 0 radical (unpaired) electrons. The first-order valence-corrected chi connectivity index (χ1v) is 8.31. The number of carbonyl (C=O) groups excluding carboxylic acids is 2. The first kappa shape index (κ1) is 18.7. The molecule has 2 amide bonds. The van der Waals surface area contributed by atoms with Crippen molar-refractivity contribution in [2.75, 3.05) is 0 Å². The van der Waals surface area contributed by atoms with Crippen LogP contribution in [0.2, 0.25) is 0 Å². The molecule has 1 atom stereocenters. The van der Waals surface area contributed by atoms with Crippen LogP contribution in [0, 0.1) is 12.8 Å². The summed E-state index contributed by atoms with van der Waals surface area (Å²) in [6.45, 7) is 5.88. The minimum Gasteiger partial charge on any atom is -0.340 e. The largest absolute Gasteiger partial charge is 0.340 e. The Hall–Kier alpha value is -2.66. The van der Waals surface area contributed by atoms with E-state index in [1.807, 2.05) is 63.2 Å². The van der Waals surface area contributed by atoms with Gasteiger partial charge in [0.05, 0.1) is 6.61 Å². The van der Waals surface area contributed by atoms with Crippen molar-refractivity contribution in [1.82, 2.24) is 10.8 Å². The second kappa shape index (κ2) is 8.99. The molecule has 0 fully saturated rings. The number of carbonyl (C=O) groups is 2. The second-order valence-corrected chi connectivity index (χ2v) is 6.25. The van der Waals surface area contributed by atoms with E-state index < -0.39 is 6.04 Å². The highest BCUT2D eigenvalue weighted by Gasteiger charge is 2.25. The molecule has 5 heteroatoms. The molecule has 5 nitrogen and oxygen atoms in total. The zero-order valence-corrected chi connectivity index (χ0v) is 14.8. The van der Waals surface area contributed by atoms with E-state index in [9.17, 15) is 9.59 Å². The van der Waals surface area contributed by atoms with Gasteiger partial charge in [0.2, 0.25) is 0 Å². The maximum atomic E-state index is 12.4. The summed E-state index contributed by atoms with van der Waals surface area (Å²) in [6, 6.07) is 16.1. The maximum Gasteiger partial charge on any atom is 0.266 e. The Kier molecular flexibility index (Phi) is 6.71. The summed E-state index contributed by atoms with van der Waals surface area (Å²) in [5.41, 5.74) is 4.81. The Bertz CT molecular complexity index is 714. The fourth-order valence-corrected chi connectivity index (χ4v) is 2.41. The molecule has 0 saturated heterocycles. The molecule has 0 aromatic heterocycles. The van der Waals surface area contributed by atoms with E-state index >= 15 is 0 Å². The highest BCUT2D eigenvalue weighted by atomic mass is 16.6. The zero-order chi connectivity index (χ0) is 18.2. The molecular formula is C20H24N2O3. The Morgan fingerprint density at radius 2 is 1.64 bits per heavy atom. The molecule has 1 unspecified atom stereocenters. The Morgan fingerprint density at radius 3 is 2.28 bits per heavy atom. The topological polar surface area (TPSA) is 67.4 Å². The number of aryl methyl sites for hydroxylation is 1. The number of rotatable bonds is 7. The lowest BCUT2D eigenvalue weighted by molar-refractivity contribution is -0.137. The molecule has 25 heavy (non-hydrogen) atoms. The summed E-state index contributed by atoms with van der Waals surface area (Å²) >= 11 is 0. The minimum atomic E-state index is -0.678. The Labute approximate surface area is 148 Å². The summed E-state index contributed by atoms with van der Waals surface area (Å²) in [5, 5.41) is 2.79. The lowest BCUT2D eigenvalue weighted by atomic mass is 10.0. The van der Waals surface area contributed by atoms with Crippen LogP contribution in [0.15, 0.2) is 54.6 Å². The van der Waals surface area contributed by atoms with Crippen LogP contribution in [-0.2, 0) is 16.2 Å². The smallest absolute Gasteiger partial charge is 0.266 e. The van der Waals surface area contributed by atoms with Crippen molar-refractivity contribution in [3.8, 4) is 0 Å². The number of hydrogen-bond donors (Lipinski definition) is 2. The third-order valence-electron chi connectivity index (χ3n) is 3.88. The predicted molar refractivity (Wildman–Crippen MR) is 96.6 cm³/mol. The number of nitrogens with one attached hydrogen (secondary N) is 2. The molecular weight excluding hydrogens is 316 g/mol. The molecule has 0 saturated carbocycles. The van der Waals surface area contributed by atoms with Crippen molar-refractivity contribution in [3.05, 3.63) is 71.3 Å². The standard InChI is InChI=1S/C20H24N2O3/c1-14(2)18(21-19(23)17-12-8-7-9-15(17)3)20(24)22-25-13-16-10-5-4-6-11-16/h4-12,14,18H,13H2,1-3H3,(H,21,23)(H,22,24). The van der Waals surface area contributed by atoms with Crippen molar-refractivity contribution >= 4 is 11.8 Å². The molecule has 2 rings (SSSR count). The van der Waals surface area contributed by atoms with E-state index in [1.54, 1.807) is 12.1 Å². The Balaban J connectivity index is 1.94. The number of amides is 2. The highest BCUT2D eigenvalue weighted by Crippen LogP contribution is 2.09. The molecule has 2 N–H and O–H groups in total. The van der Waals surface area contributed by atoms with Gasteiger partial charge < -0.3 is 5.32 Å². The van der Waals surface area contributed by atoms with Gasteiger partial charge in [-0.15, -0.1) is 0 Å². The first-order chi connectivity index (χ1) is 12.0. The van der Waals surface area contributed by atoms with Gasteiger partial charge in [-0.1, -0.05) is 62.4 Å². The van der Waals surface area contributed by atoms with E-state index in [-0.39, 0.29) is 24.3 Å². The lowest BCUT2D eigenvalue weighted by Gasteiger charge is -2.22. The van der Waals surface area contributed by atoms with E-state index in [4.69, 9.17) is 4.84 Å². The summed E-state index contributed by atoms with van der Waals surface area (Å²) in [4.78, 5) is 30.1. The van der Waals surface area contributed by atoms with Gasteiger partial charge in [-0.05, 0) is 30.0 Å². The highest BCUT2D eigenvalue weighted by molar-refractivity contribution is 5.98. The molecule has 0 spiro atoms. The molecule has 0 bridgehead atoms. The lowest BCUT2D eigenvalue weighted by Crippen LogP contribution is -2.49. The van der Waals surface area contributed by atoms with Crippen molar-refractivity contribution in [3.63, 3.8) is 0 Å². The second-order valence-electron chi connectivity index (χ2n) is 6.25. The monoisotopic (exact) mass is 340 g/mol. The van der Waals surface area contributed by atoms with Crippen LogP contribution in [0.4, 0.5) is 0 Å². The zero-order valence-electron chi connectivity index (χ0n) is 14.8. The molecule has 132 valence electrons. The average Bonchev–Trinajstić information content (AvgIpc) is 2.60. The third kappa shape index (κ3) is 5.43. The Morgan fingerprint density at radius 1 is 1.00 bits per heavy atom. The fourth-order valence-electron chi connectivity index (χ4n) is 2.41. The van der Waals surface area contributed by atoms with E-state index in [0.717, 1.165) is 11.1 Å². The van der Waals surface area contributed by atoms with Crippen LogP contribution < -0.4 is 10.8 Å². The van der Waals surface area contributed by atoms with Gasteiger partial charge in [0.25, 0.3) is 11.8 Å². The fraction of sp³-hybridized carbons (Fsp3) is 0.300. The minimum absolute atomic E-state index is 0.0757. The van der Waals surface area contributed by atoms with Gasteiger partial charge >= 0.3 is 0 Å². The van der Waals surface area contributed by atoms with Gasteiger partial charge in [-0.25, -0.2) is 5.48 Å². The van der Waals surface area contributed by atoms with Gasteiger partial charge in [0, 0.05) is 5.56 Å². The molecule has 2 aromatic rings. The first-order valence-electron chi connectivity index (χ1n) is 8.31. The molecule has 2 aromatic carbocycles. The normalized spacial score (nSPS) is 11.8. The van der Waals surface area contributed by atoms with E-state index in [1.165, 1.54) is 0 Å². The third-order valence-corrected chi connectivity index (χ3v) is 3.88. The quantitative estimate of drug-likeness (QED) is 0.762. The van der Waals surface area contributed by atoms with E-state index in [2.05, 4.69) is 10.8 Å². The van der Waals surface area contributed by atoms with Gasteiger partial charge in [0.1, 0.15) is 6.04 Å². The van der Waals surface area contributed by atoms with Crippen LogP contribution in [0.3, 0.4) is 0 Å². The van der Waals surface area contributed by atoms with Crippen LogP contribution in [-0.4, -0.2) is 17.9 Å². The molecule has 0 aliphatic heterocycles. The number of hydroxylamine groups is 1. The van der Waals surface area contributed by atoms with Crippen LogP contribution in [0.25, 0.3) is 0 Å². The summed E-state index contributed by atoms with van der Waals surface area (Å²) in [5.74, 6) is -0.712. The van der Waals surface area contributed by atoms with Crippen molar-refractivity contribution < 1.29 is 14.4 Å². The summed E-state index contributed by atoms with van der Waals surface area (Å²) in [6.07, 6.45) is 0. The number of benzene rings is 2. The van der Waals surface area contributed by atoms with Gasteiger partial charge in [0.15, 0.2) is 0 Å². The predicted octanol–water partition coefficient (Wildman–Crippen LogP) is 3.00. The van der Waals surface area contributed by atoms with Crippen LogP contribution in [0.5, 0.6) is 0 Å². The van der Waals surface area contributed by atoms with Gasteiger partial charge in [-0.2, -0.15) is 0 Å². The number of hydrogen-bond acceptors (Lipinski definition) is 3. The molecule has 0 aliphatic rings. The van der Waals surface area contributed by atoms with E-state index in [0.29, 0.717) is 5.56 Å². The molecule has 0 aliphatic carbocycles. The van der Waals surface area contributed by atoms with Crippen LogP contribution >= 0.6 is 0 Å². The van der Waals surface area contributed by atoms with Crippen LogP contribution in [0.1, 0.15) is 35.3 Å². The van der Waals surface area contributed by atoms with Crippen molar-refractivity contribution in [2.45, 2.75) is 33.4 Å².